The van der Waals surface area contributed by atoms with E-state index in [-0.39, 0.29) is 5.56 Å². The van der Waals surface area contributed by atoms with Gasteiger partial charge in [-0.2, -0.15) is 0 Å². The number of methoxy groups -OCH3 is 1. The van der Waals surface area contributed by atoms with Crippen LogP contribution < -0.4 is 4.74 Å². The van der Waals surface area contributed by atoms with Gasteiger partial charge in [0.05, 0.1) is 16.4 Å². The zero-order chi connectivity index (χ0) is 15.7. The molecule has 2 rings (SSSR count). The lowest BCUT2D eigenvalue weighted by Crippen LogP contribution is -2.04. The second-order valence-electron chi connectivity index (χ2n) is 4.46. The van der Waals surface area contributed by atoms with E-state index >= 15 is 0 Å². The summed E-state index contributed by atoms with van der Waals surface area (Å²) >= 11 is 12.7. The first kappa shape index (κ1) is 16.7. The Morgan fingerprint density at radius 2 is 1.90 bits per heavy atom. The van der Waals surface area contributed by atoms with Crippen molar-refractivity contribution in [2.24, 2.45) is 0 Å². The summed E-state index contributed by atoms with van der Waals surface area (Å²) < 4.78 is 34.2. The number of aryl methyl sites for hydroxylation is 1. The number of benzene rings is 2. The molecule has 1 nitrogen and oxygen atoms in total. The van der Waals surface area contributed by atoms with Crippen LogP contribution in [0.2, 0.25) is 5.02 Å². The van der Waals surface area contributed by atoms with Crippen LogP contribution in [0.4, 0.5) is 8.78 Å². The molecule has 1 atom stereocenters. The quantitative estimate of drug-likeness (QED) is 0.518. The number of alkyl halides is 1. The molecule has 2 aromatic carbocycles. The highest BCUT2D eigenvalue weighted by Gasteiger charge is 2.25. The number of hydrogen-bond donors (Lipinski definition) is 0. The van der Waals surface area contributed by atoms with Crippen molar-refractivity contribution in [2.45, 2.75) is 11.8 Å². The maximum atomic E-state index is 14.3. The summed E-state index contributed by atoms with van der Waals surface area (Å²) in [6.45, 7) is 1.59. The predicted octanol–water partition coefficient (Wildman–Crippen LogP) is 6.18. The van der Waals surface area contributed by atoms with Crippen molar-refractivity contribution in [2.75, 3.05) is 7.11 Å². The van der Waals surface area contributed by atoms with E-state index in [2.05, 4.69) is 31.9 Å². The molecule has 1 unspecified atom stereocenters. The zero-order valence-corrected chi connectivity index (χ0v) is 15.1. The van der Waals surface area contributed by atoms with Crippen molar-refractivity contribution < 1.29 is 13.5 Å². The van der Waals surface area contributed by atoms with Gasteiger partial charge in [0.2, 0.25) is 0 Å². The summed E-state index contributed by atoms with van der Waals surface area (Å²) in [5, 5.41) is 0.440. The van der Waals surface area contributed by atoms with E-state index in [1.54, 1.807) is 19.1 Å². The summed E-state index contributed by atoms with van der Waals surface area (Å²) in [6.07, 6.45) is 0. The lowest BCUT2D eigenvalue weighted by atomic mass is 10.0. The summed E-state index contributed by atoms with van der Waals surface area (Å²) in [4.78, 5) is -0.720. The van der Waals surface area contributed by atoms with E-state index in [1.165, 1.54) is 19.2 Å². The van der Waals surface area contributed by atoms with Crippen molar-refractivity contribution in [1.29, 1.82) is 0 Å². The Bertz CT molecular complexity index is 692. The molecule has 0 saturated carbocycles. The summed E-state index contributed by atoms with van der Waals surface area (Å²) in [5.74, 6) is -0.741. The third kappa shape index (κ3) is 3.25. The van der Waals surface area contributed by atoms with E-state index < -0.39 is 16.5 Å². The third-order valence-corrected chi connectivity index (χ3v) is 4.85. The van der Waals surface area contributed by atoms with E-state index in [4.69, 9.17) is 16.3 Å². The minimum Gasteiger partial charge on any atom is -0.495 e. The molecule has 112 valence electrons. The van der Waals surface area contributed by atoms with Crippen LogP contribution in [0.5, 0.6) is 5.75 Å². The van der Waals surface area contributed by atoms with Crippen molar-refractivity contribution in [3.63, 3.8) is 0 Å². The highest BCUT2D eigenvalue weighted by atomic mass is 79.9. The predicted molar refractivity (Wildman–Crippen MR) is 87.6 cm³/mol. The molecule has 0 radical (unpaired) electrons. The molecule has 0 N–H and O–H groups in total. The van der Waals surface area contributed by atoms with Gasteiger partial charge in [-0.1, -0.05) is 33.6 Å². The van der Waals surface area contributed by atoms with Crippen LogP contribution in [-0.4, -0.2) is 7.11 Å². The van der Waals surface area contributed by atoms with Crippen LogP contribution in [0, 0.1) is 18.6 Å². The first-order valence-corrected chi connectivity index (χ1v) is 8.07. The molecule has 0 spiro atoms. The molecule has 0 aliphatic rings. The van der Waals surface area contributed by atoms with E-state index in [1.807, 2.05) is 0 Å². The first-order chi connectivity index (χ1) is 9.86. The van der Waals surface area contributed by atoms with Crippen LogP contribution in [-0.2, 0) is 0 Å². The summed E-state index contributed by atoms with van der Waals surface area (Å²) in [5.41, 5.74) is 0.846. The fraction of sp³-hybridized carbons (Fsp3) is 0.200. The Morgan fingerprint density at radius 3 is 2.52 bits per heavy atom. The fourth-order valence-electron chi connectivity index (χ4n) is 2.05. The van der Waals surface area contributed by atoms with Gasteiger partial charge >= 0.3 is 0 Å². The molecule has 0 aliphatic heterocycles. The number of rotatable bonds is 3. The average Bonchev–Trinajstić information content (AvgIpc) is 2.42. The third-order valence-electron chi connectivity index (χ3n) is 3.09. The number of hydrogen-bond acceptors (Lipinski definition) is 1. The van der Waals surface area contributed by atoms with Crippen molar-refractivity contribution in [3.05, 3.63) is 62.1 Å². The zero-order valence-electron chi connectivity index (χ0n) is 11.2. The molecular formula is C15H11Br2ClF2O. The lowest BCUT2D eigenvalue weighted by molar-refractivity contribution is 0.407. The molecule has 6 heteroatoms. The molecule has 0 fully saturated rings. The van der Waals surface area contributed by atoms with Gasteiger partial charge in [0, 0.05) is 16.1 Å². The van der Waals surface area contributed by atoms with Gasteiger partial charge in [0.1, 0.15) is 17.4 Å². The summed E-state index contributed by atoms with van der Waals surface area (Å²) in [7, 11) is 1.49. The molecule has 0 aliphatic carbocycles. The van der Waals surface area contributed by atoms with Gasteiger partial charge in [-0.15, -0.1) is 0 Å². The summed E-state index contributed by atoms with van der Waals surface area (Å²) in [6, 6.07) is 5.92. The maximum Gasteiger partial charge on any atom is 0.137 e. The molecule has 0 heterocycles. The standard InChI is InChI=1S/C15H11Br2ClF2O/c1-7-3-4-11(19)12(14(7)20)13(17)9-5-8(18)6-10(16)15(9)21-2/h3-6,13H,1-2H3. The van der Waals surface area contributed by atoms with Crippen molar-refractivity contribution in [3.8, 4) is 5.75 Å². The Hall–Kier alpha value is -0.650. The molecule has 21 heavy (non-hydrogen) atoms. The van der Waals surface area contributed by atoms with Gasteiger partial charge in [0.25, 0.3) is 0 Å². The van der Waals surface area contributed by atoms with Gasteiger partial charge in [-0.25, -0.2) is 8.78 Å². The van der Waals surface area contributed by atoms with Crippen molar-refractivity contribution in [1.82, 2.24) is 0 Å². The monoisotopic (exact) mass is 438 g/mol. The van der Waals surface area contributed by atoms with Crippen LogP contribution in [0.15, 0.2) is 28.7 Å². The Kier molecular flexibility index (Phi) is 5.28. The lowest BCUT2D eigenvalue weighted by Gasteiger charge is -2.18. The van der Waals surface area contributed by atoms with Gasteiger partial charge < -0.3 is 4.74 Å². The molecule has 2 aromatic rings. The highest BCUT2D eigenvalue weighted by Crippen LogP contribution is 2.43. The second kappa shape index (κ2) is 6.63. The largest absolute Gasteiger partial charge is 0.495 e. The van der Waals surface area contributed by atoms with E-state index in [0.29, 0.717) is 26.4 Å². The first-order valence-electron chi connectivity index (χ1n) is 5.98. The minimum atomic E-state index is -0.720. The van der Waals surface area contributed by atoms with Gasteiger partial charge in [0.15, 0.2) is 0 Å². The van der Waals surface area contributed by atoms with Crippen LogP contribution in [0.3, 0.4) is 0 Å². The highest BCUT2D eigenvalue weighted by molar-refractivity contribution is 9.10. The Morgan fingerprint density at radius 1 is 1.24 bits per heavy atom. The number of ether oxygens (including phenoxy) is 1. The van der Waals surface area contributed by atoms with Crippen LogP contribution >= 0.6 is 43.5 Å². The molecule has 0 amide bonds. The van der Waals surface area contributed by atoms with E-state index in [9.17, 15) is 8.78 Å². The molecule has 0 saturated heterocycles. The van der Waals surface area contributed by atoms with E-state index in [0.717, 1.165) is 0 Å². The molecule has 0 bridgehead atoms. The minimum absolute atomic E-state index is 0.0672. The van der Waals surface area contributed by atoms with Gasteiger partial charge in [-0.05, 0) is 46.6 Å². The topological polar surface area (TPSA) is 9.23 Å². The smallest absolute Gasteiger partial charge is 0.137 e. The molecular weight excluding hydrogens is 429 g/mol. The fourth-order valence-corrected chi connectivity index (χ4v) is 3.81. The van der Waals surface area contributed by atoms with Crippen LogP contribution in [0.1, 0.15) is 21.5 Å². The Labute approximate surface area is 143 Å². The molecule has 0 aromatic heterocycles. The van der Waals surface area contributed by atoms with Crippen LogP contribution in [0.25, 0.3) is 0 Å². The number of halogens is 5. The normalized spacial score (nSPS) is 12.3. The van der Waals surface area contributed by atoms with Gasteiger partial charge in [-0.3, -0.25) is 0 Å². The maximum absolute atomic E-state index is 14.3. The Balaban J connectivity index is 2.66. The average molecular weight is 441 g/mol. The SMILES string of the molecule is COc1c(Br)cc(Cl)cc1C(Br)c1c(F)ccc(C)c1F. The second-order valence-corrected chi connectivity index (χ2v) is 6.67. The van der Waals surface area contributed by atoms with Crippen molar-refractivity contribution >= 4 is 43.5 Å².